The molecule has 164 valence electrons. The van der Waals surface area contributed by atoms with Crippen molar-refractivity contribution in [3.8, 4) is 5.88 Å². The number of fused-ring (bicyclic) bond motifs is 1. The molecular formula is C18H18F3N6O3S+. The summed E-state index contributed by atoms with van der Waals surface area (Å²) in [5, 5.41) is 8.35. The molecular weight excluding hydrogens is 437 g/mol. The fraction of sp³-hybridized carbons (Fsp3) is 0.444. The molecule has 3 atom stereocenters. The minimum atomic E-state index is -4.29. The van der Waals surface area contributed by atoms with Crippen molar-refractivity contribution < 1.29 is 30.9 Å². The molecule has 0 saturated carbocycles. The van der Waals surface area contributed by atoms with E-state index in [9.17, 15) is 17.2 Å². The first-order chi connectivity index (χ1) is 14.6. The Bertz CT molecular complexity index is 1260. The second-order valence-corrected chi connectivity index (χ2v) is 10.1. The molecule has 0 aromatic carbocycles. The van der Waals surface area contributed by atoms with Gasteiger partial charge in [-0.05, 0) is 19.1 Å². The van der Waals surface area contributed by atoms with E-state index in [4.69, 9.17) is 10.1 Å². The van der Waals surface area contributed by atoms with Crippen LogP contribution in [-0.2, 0) is 10.0 Å². The zero-order valence-electron chi connectivity index (χ0n) is 16.7. The number of guanidine groups is 1. The number of ether oxygens (including phenoxy) is 1. The number of aromatic nitrogens is 2. The fourth-order valence-corrected chi connectivity index (χ4v) is 7.23. The lowest BCUT2D eigenvalue weighted by Gasteiger charge is -2.36. The van der Waals surface area contributed by atoms with Gasteiger partial charge in [-0.2, -0.15) is 22.1 Å². The molecule has 3 aliphatic heterocycles. The number of sulfonamides is 1. The van der Waals surface area contributed by atoms with Gasteiger partial charge in [-0.15, -0.1) is 5.41 Å². The highest BCUT2D eigenvalue weighted by molar-refractivity contribution is 7.91. The fourth-order valence-electron chi connectivity index (χ4n) is 5.04. The van der Waals surface area contributed by atoms with Crippen molar-refractivity contribution in [2.24, 2.45) is 5.92 Å². The van der Waals surface area contributed by atoms with E-state index in [2.05, 4.69) is 9.97 Å². The average Bonchev–Trinajstić information content (AvgIpc) is 3.24. The minimum absolute atomic E-state index is 0.00243. The maximum absolute atomic E-state index is 15.1. The number of hydrogen-bond acceptors (Lipinski definition) is 7. The Morgan fingerprint density at radius 2 is 2.00 bits per heavy atom. The van der Waals surface area contributed by atoms with Crippen LogP contribution in [0.4, 0.5) is 19.1 Å². The molecule has 4 heterocycles. The summed E-state index contributed by atoms with van der Waals surface area (Å²) in [5.74, 6) is -4.52. The summed E-state index contributed by atoms with van der Waals surface area (Å²) in [7, 11) is -1.86. The third-order valence-electron chi connectivity index (χ3n) is 6.46. The van der Waals surface area contributed by atoms with E-state index in [1.807, 2.05) is 0 Å². The van der Waals surface area contributed by atoms with Gasteiger partial charge in [0.15, 0.2) is 10.6 Å². The van der Waals surface area contributed by atoms with Crippen LogP contribution in [0.3, 0.4) is 0 Å². The topological polar surface area (TPSA) is 102 Å². The lowest BCUT2D eigenvalue weighted by atomic mass is 9.84. The number of rotatable bonds is 2. The molecule has 1 aromatic rings. The summed E-state index contributed by atoms with van der Waals surface area (Å²) in [4.78, 5) is 9.62. The minimum Gasteiger partial charge on any atom is -0.479 e. The number of methoxy groups -OCH3 is 1. The summed E-state index contributed by atoms with van der Waals surface area (Å²) < 4.78 is 76.3. The molecule has 4 aliphatic rings. The van der Waals surface area contributed by atoms with E-state index >= 15 is 4.39 Å². The maximum atomic E-state index is 15.1. The lowest BCUT2D eigenvalue weighted by Crippen LogP contribution is -2.65. The van der Waals surface area contributed by atoms with Crippen molar-refractivity contribution in [1.29, 1.82) is 5.41 Å². The molecule has 1 aliphatic carbocycles. The smallest absolute Gasteiger partial charge is 0.401 e. The molecule has 0 amide bonds. The van der Waals surface area contributed by atoms with E-state index in [-0.39, 0.29) is 36.3 Å². The van der Waals surface area contributed by atoms with Crippen LogP contribution in [-0.4, -0.2) is 77.0 Å². The van der Waals surface area contributed by atoms with Gasteiger partial charge in [0.05, 0.1) is 32.3 Å². The van der Waals surface area contributed by atoms with Crippen molar-refractivity contribution in [2.75, 3.05) is 32.1 Å². The number of allylic oxidation sites excluding steroid dienone is 4. The SMILES string of the molecule is COc1nc(N2CC3[N+]4=C5C(F)=CC=C(F)C5C3(C2)S(=O)(=O)N(C)C4=N)nc(C)c1F. The van der Waals surface area contributed by atoms with Crippen LogP contribution >= 0.6 is 0 Å². The monoisotopic (exact) mass is 455 g/mol. The predicted molar refractivity (Wildman–Crippen MR) is 104 cm³/mol. The Hall–Kier alpha value is -2.96. The van der Waals surface area contributed by atoms with Crippen LogP contribution in [0.5, 0.6) is 5.88 Å². The molecule has 13 heteroatoms. The Morgan fingerprint density at radius 1 is 1.29 bits per heavy atom. The number of halogens is 3. The van der Waals surface area contributed by atoms with Crippen LogP contribution in [0, 0.1) is 24.1 Å². The zero-order valence-corrected chi connectivity index (χ0v) is 17.5. The molecule has 1 N–H and O–H groups in total. The second kappa shape index (κ2) is 6.05. The first-order valence-electron chi connectivity index (χ1n) is 9.35. The molecule has 2 bridgehead atoms. The number of anilines is 1. The highest BCUT2D eigenvalue weighted by Crippen LogP contribution is 2.53. The van der Waals surface area contributed by atoms with Crippen molar-refractivity contribution >= 4 is 27.6 Å². The van der Waals surface area contributed by atoms with E-state index in [1.165, 1.54) is 30.6 Å². The van der Waals surface area contributed by atoms with Gasteiger partial charge in [-0.3, -0.25) is 0 Å². The first-order valence-corrected chi connectivity index (χ1v) is 10.8. The second-order valence-electron chi connectivity index (χ2n) is 7.83. The van der Waals surface area contributed by atoms with Gasteiger partial charge < -0.3 is 9.64 Å². The van der Waals surface area contributed by atoms with Gasteiger partial charge in [0.25, 0.3) is 15.9 Å². The standard InChI is InChI=1S/C18H18F3N6O3S/c1-8-13(21)15(30-3)24-17(23-8)26-6-11-18(7-26)12-9(19)4-5-10(20)14(12)27(11)16(22)25(2)31(18,28)29/h4-5,11-12,22H,6-7H2,1-3H3/q+1. The third kappa shape index (κ3) is 2.19. The van der Waals surface area contributed by atoms with Gasteiger partial charge >= 0.3 is 5.96 Å². The molecule has 2 saturated heterocycles. The van der Waals surface area contributed by atoms with Gasteiger partial charge in [0.1, 0.15) is 17.6 Å². The van der Waals surface area contributed by atoms with E-state index in [1.54, 1.807) is 0 Å². The lowest BCUT2D eigenvalue weighted by molar-refractivity contribution is -0.455. The number of aryl methyl sites for hydroxylation is 1. The molecule has 0 radical (unpaired) electrons. The Balaban J connectivity index is 1.73. The van der Waals surface area contributed by atoms with Crippen molar-refractivity contribution in [1.82, 2.24) is 14.3 Å². The molecule has 3 unspecified atom stereocenters. The van der Waals surface area contributed by atoms with Gasteiger partial charge in [-0.1, -0.05) is 0 Å². The normalized spacial score (nSPS) is 30.8. The van der Waals surface area contributed by atoms with Gasteiger partial charge in [-0.25, -0.2) is 18.3 Å². The zero-order chi connectivity index (χ0) is 22.5. The van der Waals surface area contributed by atoms with Crippen molar-refractivity contribution in [3.05, 3.63) is 35.3 Å². The third-order valence-corrected chi connectivity index (χ3v) is 8.95. The molecule has 0 spiro atoms. The first kappa shape index (κ1) is 20.0. The van der Waals surface area contributed by atoms with E-state index < -0.39 is 50.2 Å². The summed E-state index contributed by atoms with van der Waals surface area (Å²) in [6, 6.07) is -0.961. The van der Waals surface area contributed by atoms with Crippen LogP contribution < -0.4 is 9.64 Å². The Labute approximate surface area is 175 Å². The number of nitrogens with zero attached hydrogens (tertiary/aromatic N) is 5. The largest absolute Gasteiger partial charge is 0.479 e. The van der Waals surface area contributed by atoms with Crippen LogP contribution in [0.15, 0.2) is 23.8 Å². The average molecular weight is 455 g/mol. The van der Waals surface area contributed by atoms with Gasteiger partial charge in [0, 0.05) is 6.54 Å². The van der Waals surface area contributed by atoms with Crippen LogP contribution in [0.2, 0.25) is 0 Å². The maximum Gasteiger partial charge on any atom is 0.401 e. The molecule has 31 heavy (non-hydrogen) atoms. The van der Waals surface area contributed by atoms with Crippen molar-refractivity contribution in [2.45, 2.75) is 17.7 Å². The van der Waals surface area contributed by atoms with Gasteiger partial charge in [0.2, 0.25) is 11.8 Å². The number of hydrogen-bond donors (Lipinski definition) is 1. The van der Waals surface area contributed by atoms with E-state index in [0.29, 0.717) is 0 Å². The Morgan fingerprint density at radius 3 is 2.68 bits per heavy atom. The van der Waals surface area contributed by atoms with Crippen LogP contribution in [0.1, 0.15) is 5.69 Å². The van der Waals surface area contributed by atoms with E-state index in [0.717, 1.165) is 16.5 Å². The molecule has 5 rings (SSSR count). The highest BCUT2D eigenvalue weighted by atomic mass is 32.2. The van der Waals surface area contributed by atoms with Crippen molar-refractivity contribution in [3.63, 3.8) is 0 Å². The molecule has 9 nitrogen and oxygen atoms in total. The highest BCUT2D eigenvalue weighted by Gasteiger charge is 2.77. The summed E-state index contributed by atoms with van der Waals surface area (Å²) in [5.41, 5.74) is -0.172. The predicted octanol–water partition coefficient (Wildman–Crippen LogP) is 0.874. The summed E-state index contributed by atoms with van der Waals surface area (Å²) in [6.07, 6.45) is 1.85. The van der Waals surface area contributed by atoms with Crippen LogP contribution in [0.25, 0.3) is 0 Å². The quantitative estimate of drug-likeness (QED) is 0.665. The molecule has 1 aromatic heterocycles. The number of nitrogens with one attached hydrogen (secondary N) is 1. The summed E-state index contributed by atoms with van der Waals surface area (Å²) >= 11 is 0. The Kier molecular flexibility index (Phi) is 3.90. The summed E-state index contributed by atoms with van der Waals surface area (Å²) in [6.45, 7) is 1.10. The molecule has 2 fully saturated rings.